The number of hydrogen-bond acceptors (Lipinski definition) is 5. The Morgan fingerprint density at radius 2 is 2.04 bits per heavy atom. The van der Waals surface area contributed by atoms with E-state index >= 15 is 0 Å². The molecule has 4 heterocycles. The summed E-state index contributed by atoms with van der Waals surface area (Å²) in [5.74, 6) is 0.292. The van der Waals surface area contributed by atoms with Gasteiger partial charge in [-0.25, -0.2) is 13.4 Å². The molecule has 0 spiro atoms. The smallest absolute Gasteiger partial charge is 0.223 e. The SMILES string of the molecule is CCN1CCN(C(=O)CCc2cn3ccccc3n2)C2CS(=O)(=O)CC21. The number of sulfone groups is 1. The maximum Gasteiger partial charge on any atom is 0.223 e. The Morgan fingerprint density at radius 1 is 1.23 bits per heavy atom. The van der Waals surface area contributed by atoms with Crippen LogP contribution in [-0.2, 0) is 21.1 Å². The van der Waals surface area contributed by atoms with Gasteiger partial charge < -0.3 is 9.30 Å². The van der Waals surface area contributed by atoms with Crippen LogP contribution in [0.4, 0.5) is 0 Å². The minimum atomic E-state index is -3.07. The van der Waals surface area contributed by atoms with Crippen molar-refractivity contribution >= 4 is 21.4 Å². The van der Waals surface area contributed by atoms with Crippen LogP contribution in [0.15, 0.2) is 30.6 Å². The predicted octanol–water partition coefficient (Wildman–Crippen LogP) is 0.597. The van der Waals surface area contributed by atoms with E-state index in [1.807, 2.05) is 41.9 Å². The number of imidazole rings is 1. The Hall–Kier alpha value is -1.93. The summed E-state index contributed by atoms with van der Waals surface area (Å²) in [4.78, 5) is 21.3. The first kappa shape index (κ1) is 17.5. The third-order valence-electron chi connectivity index (χ3n) is 5.53. The number of aryl methyl sites for hydroxylation is 1. The standard InChI is InChI=1S/C18H24N4O3S/c1-2-20-9-10-22(16-13-26(24,25)12-15(16)20)18(23)7-6-14-11-21-8-4-3-5-17(21)19-14/h3-5,8,11,15-16H,2,6-7,9-10,12-13H2,1H3. The monoisotopic (exact) mass is 376 g/mol. The van der Waals surface area contributed by atoms with Crippen molar-refractivity contribution in [2.45, 2.75) is 31.8 Å². The summed E-state index contributed by atoms with van der Waals surface area (Å²) < 4.78 is 26.2. The van der Waals surface area contributed by atoms with Crippen LogP contribution in [-0.4, -0.2) is 76.7 Å². The molecule has 0 bridgehead atoms. The Kier molecular flexibility index (Phi) is 4.48. The van der Waals surface area contributed by atoms with E-state index in [4.69, 9.17) is 0 Å². The molecule has 140 valence electrons. The second-order valence-electron chi connectivity index (χ2n) is 7.13. The highest BCUT2D eigenvalue weighted by molar-refractivity contribution is 7.91. The molecule has 2 aromatic rings. The zero-order chi connectivity index (χ0) is 18.3. The quantitative estimate of drug-likeness (QED) is 0.781. The van der Waals surface area contributed by atoms with Crippen LogP contribution in [0.1, 0.15) is 19.0 Å². The lowest BCUT2D eigenvalue weighted by molar-refractivity contribution is -0.136. The van der Waals surface area contributed by atoms with Crippen LogP contribution in [0.2, 0.25) is 0 Å². The average Bonchev–Trinajstić information content (AvgIpc) is 3.17. The Morgan fingerprint density at radius 3 is 2.81 bits per heavy atom. The van der Waals surface area contributed by atoms with Gasteiger partial charge in [-0.05, 0) is 25.1 Å². The second kappa shape index (κ2) is 6.66. The fourth-order valence-electron chi connectivity index (χ4n) is 4.21. The zero-order valence-corrected chi connectivity index (χ0v) is 15.7. The van der Waals surface area contributed by atoms with Gasteiger partial charge in [0.05, 0.1) is 23.2 Å². The minimum Gasteiger partial charge on any atom is -0.336 e. The van der Waals surface area contributed by atoms with Crippen molar-refractivity contribution in [3.05, 3.63) is 36.3 Å². The number of hydrogen-bond donors (Lipinski definition) is 0. The van der Waals surface area contributed by atoms with E-state index in [0.717, 1.165) is 24.4 Å². The van der Waals surface area contributed by atoms with Gasteiger partial charge in [0, 0.05) is 37.9 Å². The van der Waals surface area contributed by atoms with Crippen LogP contribution < -0.4 is 0 Å². The zero-order valence-electron chi connectivity index (χ0n) is 14.9. The van der Waals surface area contributed by atoms with E-state index in [0.29, 0.717) is 19.4 Å². The molecule has 2 aromatic heterocycles. The third kappa shape index (κ3) is 3.23. The van der Waals surface area contributed by atoms with Crippen LogP contribution in [0, 0.1) is 0 Å². The number of aromatic nitrogens is 2. The summed E-state index contributed by atoms with van der Waals surface area (Å²) >= 11 is 0. The minimum absolute atomic E-state index is 0.0323. The van der Waals surface area contributed by atoms with Gasteiger partial charge in [-0.15, -0.1) is 0 Å². The summed E-state index contributed by atoms with van der Waals surface area (Å²) in [7, 11) is -3.07. The highest BCUT2D eigenvalue weighted by Gasteiger charge is 2.47. The number of fused-ring (bicyclic) bond motifs is 2. The summed E-state index contributed by atoms with van der Waals surface area (Å²) in [5.41, 5.74) is 1.75. The van der Waals surface area contributed by atoms with Crippen molar-refractivity contribution < 1.29 is 13.2 Å². The van der Waals surface area contributed by atoms with Gasteiger partial charge in [-0.1, -0.05) is 13.0 Å². The molecule has 2 aliphatic rings. The first-order valence-electron chi connectivity index (χ1n) is 9.13. The maximum absolute atomic E-state index is 12.8. The molecule has 2 aliphatic heterocycles. The van der Waals surface area contributed by atoms with Crippen molar-refractivity contribution in [1.29, 1.82) is 0 Å². The first-order chi connectivity index (χ1) is 12.5. The highest BCUT2D eigenvalue weighted by atomic mass is 32.2. The van der Waals surface area contributed by atoms with Crippen molar-refractivity contribution in [2.24, 2.45) is 0 Å². The van der Waals surface area contributed by atoms with E-state index in [-0.39, 0.29) is 29.5 Å². The van der Waals surface area contributed by atoms with Crippen molar-refractivity contribution in [3.63, 3.8) is 0 Å². The van der Waals surface area contributed by atoms with Crippen LogP contribution in [0.3, 0.4) is 0 Å². The lowest BCUT2D eigenvalue weighted by Crippen LogP contribution is -2.60. The van der Waals surface area contributed by atoms with Gasteiger partial charge in [0.15, 0.2) is 9.84 Å². The Bertz CT molecular complexity index is 890. The average molecular weight is 376 g/mol. The number of amides is 1. The fourth-order valence-corrected chi connectivity index (χ4v) is 6.23. The number of piperazine rings is 1. The van der Waals surface area contributed by atoms with E-state index in [2.05, 4.69) is 9.88 Å². The van der Waals surface area contributed by atoms with Gasteiger partial charge in [-0.2, -0.15) is 0 Å². The van der Waals surface area contributed by atoms with E-state index in [9.17, 15) is 13.2 Å². The molecule has 2 saturated heterocycles. The van der Waals surface area contributed by atoms with Crippen molar-refractivity contribution in [3.8, 4) is 0 Å². The maximum atomic E-state index is 12.8. The Labute approximate surface area is 153 Å². The highest BCUT2D eigenvalue weighted by Crippen LogP contribution is 2.27. The molecule has 0 aliphatic carbocycles. The molecule has 7 nitrogen and oxygen atoms in total. The summed E-state index contributed by atoms with van der Waals surface area (Å²) in [6, 6.07) is 5.55. The molecule has 0 saturated carbocycles. The molecule has 8 heteroatoms. The topological polar surface area (TPSA) is 75.0 Å². The molecule has 4 rings (SSSR count). The molecule has 0 radical (unpaired) electrons. The van der Waals surface area contributed by atoms with E-state index in [1.54, 1.807) is 4.90 Å². The van der Waals surface area contributed by atoms with Gasteiger partial charge in [0.2, 0.25) is 5.91 Å². The number of rotatable bonds is 4. The number of likely N-dealkylation sites (N-methyl/N-ethyl adjacent to an activating group) is 1. The molecular weight excluding hydrogens is 352 g/mol. The fraction of sp³-hybridized carbons (Fsp3) is 0.556. The summed E-state index contributed by atoms with van der Waals surface area (Å²) in [6.07, 6.45) is 4.81. The molecular formula is C18H24N4O3S. The molecule has 2 atom stereocenters. The first-order valence-corrected chi connectivity index (χ1v) is 11.0. The number of carbonyl (C=O) groups excluding carboxylic acids is 1. The van der Waals surface area contributed by atoms with Gasteiger partial charge in [0.25, 0.3) is 0 Å². The van der Waals surface area contributed by atoms with Crippen LogP contribution in [0.25, 0.3) is 5.65 Å². The predicted molar refractivity (Wildman–Crippen MR) is 98.7 cm³/mol. The number of carbonyl (C=O) groups is 1. The van der Waals surface area contributed by atoms with Gasteiger partial charge in [0.1, 0.15) is 5.65 Å². The van der Waals surface area contributed by atoms with Gasteiger partial charge >= 0.3 is 0 Å². The van der Waals surface area contributed by atoms with Crippen LogP contribution >= 0.6 is 0 Å². The van der Waals surface area contributed by atoms with Gasteiger partial charge in [-0.3, -0.25) is 9.69 Å². The molecule has 1 amide bonds. The normalized spacial score (nSPS) is 25.5. The lowest BCUT2D eigenvalue weighted by Gasteiger charge is -2.43. The van der Waals surface area contributed by atoms with Crippen LogP contribution in [0.5, 0.6) is 0 Å². The van der Waals surface area contributed by atoms with Crippen molar-refractivity contribution in [2.75, 3.05) is 31.1 Å². The van der Waals surface area contributed by atoms with E-state index < -0.39 is 9.84 Å². The molecule has 26 heavy (non-hydrogen) atoms. The van der Waals surface area contributed by atoms with E-state index in [1.165, 1.54) is 0 Å². The molecule has 2 fully saturated rings. The summed E-state index contributed by atoms with van der Waals surface area (Å²) in [5, 5.41) is 0. The third-order valence-corrected chi connectivity index (χ3v) is 7.23. The Balaban J connectivity index is 1.45. The second-order valence-corrected chi connectivity index (χ2v) is 9.28. The molecule has 2 unspecified atom stereocenters. The molecule has 0 aromatic carbocycles. The molecule has 0 N–H and O–H groups in total. The number of nitrogens with zero attached hydrogens (tertiary/aromatic N) is 4. The van der Waals surface area contributed by atoms with Crippen molar-refractivity contribution in [1.82, 2.24) is 19.2 Å². The summed E-state index contributed by atoms with van der Waals surface area (Å²) in [6.45, 7) is 4.21. The number of pyridine rings is 1. The lowest BCUT2D eigenvalue weighted by atomic mass is 10.0. The largest absolute Gasteiger partial charge is 0.336 e.